The highest BCUT2D eigenvalue weighted by Crippen LogP contribution is 2.15. The van der Waals surface area contributed by atoms with Gasteiger partial charge in [-0.1, -0.05) is 0 Å². The summed E-state index contributed by atoms with van der Waals surface area (Å²) in [5.41, 5.74) is -0.826. The molecule has 1 atom stereocenters. The summed E-state index contributed by atoms with van der Waals surface area (Å²) in [6.07, 6.45) is 1.95. The topological polar surface area (TPSA) is 74.2 Å². The lowest BCUT2D eigenvalue weighted by atomic mass is 10.1. The minimum Gasteiger partial charge on any atom is -0.387 e. The van der Waals surface area contributed by atoms with Crippen molar-refractivity contribution in [2.45, 2.75) is 26.4 Å². The Morgan fingerprint density at radius 3 is 2.50 bits per heavy atom. The summed E-state index contributed by atoms with van der Waals surface area (Å²) >= 11 is 7.51. The van der Waals surface area contributed by atoms with Gasteiger partial charge < -0.3 is 15.3 Å². The molecule has 2 N–H and O–H groups in total. The molecular formula is C12H22ClN5OS. The predicted molar refractivity (Wildman–Crippen MR) is 85.9 cm³/mol. The maximum absolute atomic E-state index is 10.1. The Morgan fingerprint density at radius 1 is 1.30 bits per heavy atom. The number of nitrogens with one attached hydrogen (secondary N) is 1. The first-order valence-electron chi connectivity index (χ1n) is 6.53. The summed E-state index contributed by atoms with van der Waals surface area (Å²) in [5, 5.41) is 13.3. The van der Waals surface area contributed by atoms with Crippen LogP contribution in [0.2, 0.25) is 5.28 Å². The molecule has 0 fully saturated rings. The second-order valence-electron chi connectivity index (χ2n) is 4.68. The van der Waals surface area contributed by atoms with Crippen LogP contribution in [0.4, 0.5) is 11.9 Å². The first-order chi connectivity index (χ1) is 9.41. The molecule has 8 heteroatoms. The van der Waals surface area contributed by atoms with Crippen LogP contribution in [0, 0.1) is 0 Å². The van der Waals surface area contributed by atoms with Crippen LogP contribution in [-0.2, 0) is 0 Å². The second-order valence-corrected chi connectivity index (χ2v) is 5.89. The smallest absolute Gasteiger partial charge is 0.231 e. The highest BCUT2D eigenvalue weighted by molar-refractivity contribution is 7.98. The van der Waals surface area contributed by atoms with E-state index in [-0.39, 0.29) is 5.28 Å². The van der Waals surface area contributed by atoms with E-state index in [0.29, 0.717) is 24.2 Å². The minimum atomic E-state index is -0.826. The Balaban J connectivity index is 2.80. The zero-order chi connectivity index (χ0) is 15.2. The van der Waals surface area contributed by atoms with E-state index in [1.54, 1.807) is 18.7 Å². The van der Waals surface area contributed by atoms with Gasteiger partial charge in [-0.2, -0.15) is 26.7 Å². The number of aromatic nitrogens is 3. The fourth-order valence-corrected chi connectivity index (χ4v) is 2.58. The van der Waals surface area contributed by atoms with Crippen LogP contribution >= 0.6 is 23.4 Å². The van der Waals surface area contributed by atoms with Gasteiger partial charge in [0.1, 0.15) is 0 Å². The fourth-order valence-electron chi connectivity index (χ4n) is 1.70. The van der Waals surface area contributed by atoms with Crippen LogP contribution in [0.5, 0.6) is 0 Å². The van der Waals surface area contributed by atoms with E-state index >= 15 is 0 Å². The molecule has 114 valence electrons. The van der Waals surface area contributed by atoms with Gasteiger partial charge in [-0.05, 0) is 38.6 Å². The van der Waals surface area contributed by atoms with Crippen molar-refractivity contribution < 1.29 is 5.11 Å². The SMILES string of the molecule is CCN(CC)c1nc(Cl)nc(NCC(C)(O)CSC)n1. The Kier molecular flexibility index (Phi) is 6.78. The highest BCUT2D eigenvalue weighted by atomic mass is 35.5. The summed E-state index contributed by atoms with van der Waals surface area (Å²) in [6, 6.07) is 0. The number of nitrogens with zero attached hydrogens (tertiary/aromatic N) is 4. The lowest BCUT2D eigenvalue weighted by Gasteiger charge is -2.23. The molecule has 0 aromatic carbocycles. The molecule has 1 heterocycles. The number of halogens is 1. The second kappa shape index (κ2) is 7.85. The van der Waals surface area contributed by atoms with E-state index in [9.17, 15) is 5.11 Å². The molecule has 0 aliphatic heterocycles. The van der Waals surface area contributed by atoms with Gasteiger partial charge in [0.2, 0.25) is 17.2 Å². The van der Waals surface area contributed by atoms with E-state index in [4.69, 9.17) is 11.6 Å². The lowest BCUT2D eigenvalue weighted by Crippen LogP contribution is -2.36. The van der Waals surface area contributed by atoms with Crippen molar-refractivity contribution in [3.8, 4) is 0 Å². The van der Waals surface area contributed by atoms with E-state index in [1.807, 2.05) is 25.0 Å². The Hall–Kier alpha value is -0.790. The first-order valence-corrected chi connectivity index (χ1v) is 8.30. The van der Waals surface area contributed by atoms with Crippen molar-refractivity contribution in [3.63, 3.8) is 0 Å². The third kappa shape index (κ3) is 5.30. The van der Waals surface area contributed by atoms with Gasteiger partial charge in [0.05, 0.1) is 5.60 Å². The normalized spacial score (nSPS) is 13.9. The summed E-state index contributed by atoms with van der Waals surface area (Å²) in [6.45, 7) is 7.76. The Bertz CT molecular complexity index is 428. The molecule has 0 saturated heterocycles. The van der Waals surface area contributed by atoms with E-state index in [1.165, 1.54) is 0 Å². The summed E-state index contributed by atoms with van der Waals surface area (Å²) in [5.74, 6) is 1.55. The molecule has 1 unspecified atom stereocenters. The van der Waals surface area contributed by atoms with Crippen LogP contribution < -0.4 is 10.2 Å². The van der Waals surface area contributed by atoms with Crippen LogP contribution in [-0.4, -0.2) is 57.3 Å². The summed E-state index contributed by atoms with van der Waals surface area (Å²) < 4.78 is 0. The molecule has 0 aliphatic carbocycles. The monoisotopic (exact) mass is 319 g/mol. The van der Waals surface area contributed by atoms with Gasteiger partial charge >= 0.3 is 0 Å². The third-order valence-electron chi connectivity index (χ3n) is 2.73. The van der Waals surface area contributed by atoms with Crippen molar-refractivity contribution in [1.29, 1.82) is 0 Å². The van der Waals surface area contributed by atoms with Crippen molar-refractivity contribution >= 4 is 35.3 Å². The van der Waals surface area contributed by atoms with Crippen molar-refractivity contribution in [3.05, 3.63) is 5.28 Å². The maximum Gasteiger partial charge on any atom is 0.231 e. The largest absolute Gasteiger partial charge is 0.387 e. The van der Waals surface area contributed by atoms with E-state index in [2.05, 4.69) is 20.3 Å². The predicted octanol–water partition coefficient (Wildman–Crippen LogP) is 1.90. The van der Waals surface area contributed by atoms with Crippen molar-refractivity contribution in [1.82, 2.24) is 15.0 Å². The van der Waals surface area contributed by atoms with Crippen LogP contribution in [0.15, 0.2) is 0 Å². The fraction of sp³-hybridized carbons (Fsp3) is 0.750. The first kappa shape index (κ1) is 17.3. The third-order valence-corrected chi connectivity index (χ3v) is 3.80. The number of hydrogen-bond acceptors (Lipinski definition) is 7. The van der Waals surface area contributed by atoms with E-state index in [0.717, 1.165) is 13.1 Å². The molecule has 0 bridgehead atoms. The summed E-state index contributed by atoms with van der Waals surface area (Å²) in [7, 11) is 0. The van der Waals surface area contributed by atoms with Gasteiger partial charge in [0.15, 0.2) is 0 Å². The molecule has 0 radical (unpaired) electrons. The lowest BCUT2D eigenvalue weighted by molar-refractivity contribution is 0.0995. The summed E-state index contributed by atoms with van der Waals surface area (Å²) in [4.78, 5) is 14.5. The molecule has 20 heavy (non-hydrogen) atoms. The van der Waals surface area contributed by atoms with Gasteiger partial charge in [-0.15, -0.1) is 0 Å². The number of aliphatic hydroxyl groups is 1. The maximum atomic E-state index is 10.1. The molecule has 1 aromatic heterocycles. The molecule has 1 rings (SSSR count). The molecule has 0 amide bonds. The number of hydrogen-bond donors (Lipinski definition) is 2. The van der Waals surface area contributed by atoms with Gasteiger partial charge in [0.25, 0.3) is 0 Å². The molecule has 0 spiro atoms. The molecule has 0 aliphatic rings. The highest BCUT2D eigenvalue weighted by Gasteiger charge is 2.20. The van der Waals surface area contributed by atoms with Crippen LogP contribution in [0.1, 0.15) is 20.8 Å². The van der Waals surface area contributed by atoms with Gasteiger partial charge in [-0.3, -0.25) is 0 Å². The number of rotatable bonds is 8. The average molecular weight is 320 g/mol. The minimum absolute atomic E-state index is 0.147. The zero-order valence-corrected chi connectivity index (χ0v) is 13.9. The molecular weight excluding hydrogens is 298 g/mol. The van der Waals surface area contributed by atoms with E-state index < -0.39 is 5.60 Å². The zero-order valence-electron chi connectivity index (χ0n) is 12.4. The van der Waals surface area contributed by atoms with Crippen molar-refractivity contribution in [2.75, 3.05) is 41.9 Å². The molecule has 1 aromatic rings. The van der Waals surface area contributed by atoms with Gasteiger partial charge in [0, 0.05) is 25.4 Å². The van der Waals surface area contributed by atoms with Crippen molar-refractivity contribution in [2.24, 2.45) is 0 Å². The molecule has 6 nitrogen and oxygen atoms in total. The number of anilines is 2. The Labute approximate surface area is 129 Å². The van der Waals surface area contributed by atoms with Gasteiger partial charge in [-0.25, -0.2) is 0 Å². The molecule has 0 saturated carbocycles. The quantitative estimate of drug-likeness (QED) is 0.758. The average Bonchev–Trinajstić information content (AvgIpc) is 2.37. The van der Waals surface area contributed by atoms with Crippen LogP contribution in [0.25, 0.3) is 0 Å². The van der Waals surface area contributed by atoms with Crippen LogP contribution in [0.3, 0.4) is 0 Å². The Morgan fingerprint density at radius 2 is 1.95 bits per heavy atom. The standard InChI is InChI=1S/C12H22ClN5OS/c1-5-18(6-2)11-16-9(13)15-10(17-11)14-7-12(3,19)8-20-4/h19H,5-8H2,1-4H3,(H,14,15,16,17). The number of thioether (sulfide) groups is 1.